The number of carboxylic acid groups (broad SMARTS) is 1. The van der Waals surface area contributed by atoms with E-state index in [2.05, 4.69) is 15.4 Å². The number of aromatic nitrogens is 3. The van der Waals surface area contributed by atoms with Crippen LogP contribution in [0, 0.1) is 0 Å². The summed E-state index contributed by atoms with van der Waals surface area (Å²) in [5, 5.41) is 17.9. The van der Waals surface area contributed by atoms with Crippen LogP contribution in [0.3, 0.4) is 0 Å². The Kier molecular flexibility index (Phi) is 4.01. The molecule has 2 aromatic rings. The van der Waals surface area contributed by atoms with Crippen LogP contribution >= 0.6 is 11.8 Å². The fourth-order valence-corrected chi connectivity index (χ4v) is 3.73. The van der Waals surface area contributed by atoms with Gasteiger partial charge in [0.15, 0.2) is 5.65 Å². The minimum atomic E-state index is -0.957. The van der Waals surface area contributed by atoms with Crippen LogP contribution in [0.25, 0.3) is 11.0 Å². The van der Waals surface area contributed by atoms with Crippen LogP contribution in [0.4, 0.5) is 5.69 Å². The first kappa shape index (κ1) is 14.2. The fourth-order valence-electron chi connectivity index (χ4n) is 2.62. The van der Waals surface area contributed by atoms with Crippen molar-refractivity contribution < 1.29 is 9.90 Å². The summed E-state index contributed by atoms with van der Waals surface area (Å²) >= 11 is 1.95. The van der Waals surface area contributed by atoms with Crippen molar-refractivity contribution in [2.24, 2.45) is 0 Å². The second-order valence-electron chi connectivity index (χ2n) is 5.08. The van der Waals surface area contributed by atoms with E-state index < -0.39 is 5.97 Å². The van der Waals surface area contributed by atoms with Gasteiger partial charge in [0.1, 0.15) is 5.56 Å². The number of nitrogens with zero attached hydrogens (tertiary/aromatic N) is 3. The number of hydrogen-bond acceptors (Lipinski definition) is 5. The number of hydrogen-bond donors (Lipinski definition) is 2. The van der Waals surface area contributed by atoms with Crippen molar-refractivity contribution in [2.75, 3.05) is 16.8 Å². The summed E-state index contributed by atoms with van der Waals surface area (Å²) < 4.78 is 1.78. The number of aryl methyl sites for hydroxylation is 1. The summed E-state index contributed by atoms with van der Waals surface area (Å²) in [6, 6.07) is 0.319. The highest BCUT2D eigenvalue weighted by Gasteiger charge is 2.21. The largest absolute Gasteiger partial charge is 0.478 e. The molecule has 21 heavy (non-hydrogen) atoms. The Morgan fingerprint density at radius 3 is 2.90 bits per heavy atom. The zero-order valence-corrected chi connectivity index (χ0v) is 12.7. The van der Waals surface area contributed by atoms with E-state index in [-0.39, 0.29) is 5.56 Å². The van der Waals surface area contributed by atoms with E-state index in [0.717, 1.165) is 35.4 Å². The van der Waals surface area contributed by atoms with Gasteiger partial charge in [-0.3, -0.25) is 0 Å². The predicted molar refractivity (Wildman–Crippen MR) is 84.1 cm³/mol. The lowest BCUT2D eigenvalue weighted by atomic mass is 10.1. The topological polar surface area (TPSA) is 80.0 Å². The van der Waals surface area contributed by atoms with E-state index in [4.69, 9.17) is 0 Å². The van der Waals surface area contributed by atoms with E-state index >= 15 is 0 Å². The zero-order chi connectivity index (χ0) is 14.8. The molecule has 1 aliphatic rings. The minimum absolute atomic E-state index is 0.219. The number of aromatic carboxylic acids is 1. The number of pyridine rings is 1. The first-order valence-electron chi connectivity index (χ1n) is 7.12. The molecule has 2 aromatic heterocycles. The summed E-state index contributed by atoms with van der Waals surface area (Å²) in [7, 11) is 0. The third-order valence-corrected chi connectivity index (χ3v) is 4.81. The average Bonchev–Trinajstić information content (AvgIpc) is 2.92. The molecule has 2 N–H and O–H groups in total. The Labute approximate surface area is 126 Å². The molecule has 0 radical (unpaired) electrons. The number of anilines is 1. The smallest absolute Gasteiger partial charge is 0.339 e. The molecule has 1 fully saturated rings. The van der Waals surface area contributed by atoms with E-state index in [1.54, 1.807) is 10.9 Å². The van der Waals surface area contributed by atoms with Gasteiger partial charge in [-0.15, -0.1) is 0 Å². The molecule has 6 nitrogen and oxygen atoms in total. The SMILES string of the molecule is CCn1ncc2c(NC3CCSCC3)c(C(=O)O)cnc21. The van der Waals surface area contributed by atoms with Crippen molar-refractivity contribution in [1.29, 1.82) is 0 Å². The van der Waals surface area contributed by atoms with Crippen LogP contribution in [-0.2, 0) is 6.54 Å². The molecule has 3 heterocycles. The summed E-state index contributed by atoms with van der Waals surface area (Å²) in [5.74, 6) is 1.27. The summed E-state index contributed by atoms with van der Waals surface area (Å²) in [4.78, 5) is 15.7. The molecular weight excluding hydrogens is 288 g/mol. The van der Waals surface area contributed by atoms with Gasteiger partial charge in [-0.05, 0) is 31.3 Å². The second kappa shape index (κ2) is 5.93. The van der Waals surface area contributed by atoms with Gasteiger partial charge < -0.3 is 10.4 Å². The van der Waals surface area contributed by atoms with E-state index in [1.807, 2.05) is 18.7 Å². The highest BCUT2D eigenvalue weighted by Crippen LogP contribution is 2.29. The Bertz CT molecular complexity index is 664. The number of carbonyl (C=O) groups is 1. The molecule has 0 unspecified atom stereocenters. The number of rotatable bonds is 4. The van der Waals surface area contributed by atoms with Crippen molar-refractivity contribution in [3.63, 3.8) is 0 Å². The van der Waals surface area contributed by atoms with E-state index in [9.17, 15) is 9.90 Å². The molecule has 0 aliphatic carbocycles. The van der Waals surface area contributed by atoms with Gasteiger partial charge >= 0.3 is 5.97 Å². The van der Waals surface area contributed by atoms with Crippen molar-refractivity contribution in [1.82, 2.24) is 14.8 Å². The van der Waals surface area contributed by atoms with E-state index in [0.29, 0.717) is 18.3 Å². The van der Waals surface area contributed by atoms with Crippen LogP contribution in [-0.4, -0.2) is 43.4 Å². The first-order chi connectivity index (χ1) is 10.2. The van der Waals surface area contributed by atoms with Gasteiger partial charge in [-0.2, -0.15) is 16.9 Å². The second-order valence-corrected chi connectivity index (χ2v) is 6.31. The van der Waals surface area contributed by atoms with Crippen LogP contribution in [0.5, 0.6) is 0 Å². The predicted octanol–water partition coefficient (Wildman–Crippen LogP) is 2.46. The number of carboxylic acids is 1. The molecule has 1 saturated heterocycles. The molecule has 1 aliphatic heterocycles. The maximum Gasteiger partial charge on any atom is 0.339 e. The Morgan fingerprint density at radius 2 is 2.24 bits per heavy atom. The van der Waals surface area contributed by atoms with Crippen molar-refractivity contribution in [3.8, 4) is 0 Å². The average molecular weight is 306 g/mol. The summed E-state index contributed by atoms with van der Waals surface area (Å²) in [6.45, 7) is 2.70. The van der Waals surface area contributed by atoms with Crippen LogP contribution in [0.2, 0.25) is 0 Å². The molecule has 0 saturated carbocycles. The lowest BCUT2D eigenvalue weighted by Crippen LogP contribution is -2.25. The van der Waals surface area contributed by atoms with Crippen LogP contribution in [0.15, 0.2) is 12.4 Å². The van der Waals surface area contributed by atoms with Gasteiger partial charge in [-0.1, -0.05) is 0 Å². The molecular formula is C14H18N4O2S. The van der Waals surface area contributed by atoms with E-state index in [1.165, 1.54) is 6.20 Å². The Hall–Kier alpha value is -1.76. The molecule has 3 rings (SSSR count). The molecule has 0 atom stereocenters. The van der Waals surface area contributed by atoms with Gasteiger partial charge in [-0.25, -0.2) is 14.5 Å². The molecule has 0 spiro atoms. The summed E-state index contributed by atoms with van der Waals surface area (Å²) in [6.07, 6.45) is 5.24. The summed E-state index contributed by atoms with van der Waals surface area (Å²) in [5.41, 5.74) is 1.61. The van der Waals surface area contributed by atoms with Gasteiger partial charge in [0.25, 0.3) is 0 Å². The van der Waals surface area contributed by atoms with Crippen LogP contribution in [0.1, 0.15) is 30.1 Å². The highest BCUT2D eigenvalue weighted by atomic mass is 32.2. The number of fused-ring (bicyclic) bond motifs is 1. The van der Waals surface area contributed by atoms with Gasteiger partial charge in [0.05, 0.1) is 17.3 Å². The third kappa shape index (κ3) is 2.70. The monoisotopic (exact) mass is 306 g/mol. The Balaban J connectivity index is 2.05. The lowest BCUT2D eigenvalue weighted by molar-refractivity contribution is 0.0697. The molecule has 7 heteroatoms. The van der Waals surface area contributed by atoms with Crippen molar-refractivity contribution in [3.05, 3.63) is 18.0 Å². The number of nitrogens with one attached hydrogen (secondary N) is 1. The standard InChI is InChI=1S/C14H18N4O2S/c1-2-18-13-10(8-16-18)12(11(7-15-13)14(19)20)17-9-3-5-21-6-4-9/h7-9H,2-6H2,1H3,(H,15,17)(H,19,20). The lowest BCUT2D eigenvalue weighted by Gasteiger charge is -2.24. The third-order valence-electron chi connectivity index (χ3n) is 3.77. The molecule has 112 valence electrons. The van der Waals surface area contributed by atoms with Crippen LogP contribution < -0.4 is 5.32 Å². The fraction of sp³-hybridized carbons (Fsp3) is 0.500. The molecule has 0 aromatic carbocycles. The van der Waals surface area contributed by atoms with Gasteiger partial charge in [0.2, 0.25) is 0 Å². The maximum absolute atomic E-state index is 11.5. The zero-order valence-electron chi connectivity index (χ0n) is 11.9. The quantitative estimate of drug-likeness (QED) is 0.903. The molecule has 0 bridgehead atoms. The highest BCUT2D eigenvalue weighted by molar-refractivity contribution is 7.99. The normalized spacial score (nSPS) is 16.2. The molecule has 0 amide bonds. The van der Waals surface area contributed by atoms with Crippen molar-refractivity contribution >= 4 is 34.5 Å². The Morgan fingerprint density at radius 1 is 1.48 bits per heavy atom. The maximum atomic E-state index is 11.5. The number of thioether (sulfide) groups is 1. The van der Waals surface area contributed by atoms with Crippen molar-refractivity contribution in [2.45, 2.75) is 32.4 Å². The minimum Gasteiger partial charge on any atom is -0.478 e. The first-order valence-corrected chi connectivity index (χ1v) is 8.28. The van der Waals surface area contributed by atoms with Gasteiger partial charge in [0, 0.05) is 18.8 Å².